The van der Waals surface area contributed by atoms with Crippen molar-refractivity contribution in [3.8, 4) is 0 Å². The molecule has 3 N–H and O–H groups in total. The van der Waals surface area contributed by atoms with Crippen LogP contribution in [0.15, 0.2) is 30.3 Å². The maximum Gasteiger partial charge on any atom is 0.349 e. The molecule has 1 aromatic rings. The number of hydroxylamine groups is 2. The van der Waals surface area contributed by atoms with Gasteiger partial charge in [-0.15, -0.1) is 0 Å². The van der Waals surface area contributed by atoms with Gasteiger partial charge in [-0.2, -0.15) is 17.7 Å². The molecule has 1 unspecified atom stereocenters. The molecule has 0 aliphatic heterocycles. The number of carbonyl (C=O) groups is 2. The Bertz CT molecular complexity index is 885. The van der Waals surface area contributed by atoms with Crippen molar-refractivity contribution in [3.05, 3.63) is 35.9 Å². The highest BCUT2D eigenvalue weighted by atomic mass is 32.2. The van der Waals surface area contributed by atoms with Gasteiger partial charge in [-0.25, -0.2) is 13.2 Å². The van der Waals surface area contributed by atoms with E-state index in [0.29, 0.717) is 24.5 Å². The van der Waals surface area contributed by atoms with E-state index in [2.05, 4.69) is 31.8 Å². The maximum atomic E-state index is 13.5. The molecule has 0 fully saturated rings. The number of carbonyl (C=O) groups excluding carboxylic acids is 2. The van der Waals surface area contributed by atoms with Crippen LogP contribution >= 0.6 is 12.6 Å². The first-order valence-corrected chi connectivity index (χ1v) is 14.6. The van der Waals surface area contributed by atoms with E-state index in [1.807, 2.05) is 30.3 Å². The SMILES string of the molecule is CC[C@H](C)CCON(C(=O)CCc1ccccc1)[C@@](CCS(C)(=O)=O)(NCC(N)CS)C(=O)OC. The molecule has 0 bridgehead atoms. The lowest BCUT2D eigenvalue weighted by Gasteiger charge is -2.41. The van der Waals surface area contributed by atoms with Gasteiger partial charge in [0.1, 0.15) is 9.84 Å². The Labute approximate surface area is 215 Å². The molecule has 0 aliphatic rings. The van der Waals surface area contributed by atoms with E-state index in [1.54, 1.807) is 0 Å². The highest BCUT2D eigenvalue weighted by Crippen LogP contribution is 2.24. The Hall–Kier alpha value is -1.66. The largest absolute Gasteiger partial charge is 0.466 e. The van der Waals surface area contributed by atoms with Crippen molar-refractivity contribution in [2.24, 2.45) is 11.7 Å². The van der Waals surface area contributed by atoms with Crippen LogP contribution < -0.4 is 11.1 Å². The summed E-state index contributed by atoms with van der Waals surface area (Å²) < 4.78 is 29.2. The van der Waals surface area contributed by atoms with Gasteiger partial charge in [0, 0.05) is 37.4 Å². The molecule has 200 valence electrons. The van der Waals surface area contributed by atoms with Gasteiger partial charge in [0.05, 0.1) is 19.5 Å². The molecule has 0 radical (unpaired) electrons. The molecule has 11 heteroatoms. The summed E-state index contributed by atoms with van der Waals surface area (Å²) in [6.07, 6.45) is 2.85. The molecule has 0 aliphatic carbocycles. The first-order valence-electron chi connectivity index (χ1n) is 11.9. The third-order valence-corrected chi connectivity index (χ3v) is 7.24. The fraction of sp³-hybridized carbons (Fsp3) is 0.667. The summed E-state index contributed by atoms with van der Waals surface area (Å²) in [6.45, 7) is 4.37. The van der Waals surface area contributed by atoms with Crippen LogP contribution in [-0.4, -0.2) is 75.1 Å². The third kappa shape index (κ3) is 10.9. The molecule has 1 aromatic carbocycles. The molecule has 0 aromatic heterocycles. The van der Waals surface area contributed by atoms with Crippen molar-refractivity contribution in [1.82, 2.24) is 10.4 Å². The molecular weight excluding hydrogens is 490 g/mol. The van der Waals surface area contributed by atoms with E-state index in [1.165, 1.54) is 7.11 Å². The Kier molecular flexibility index (Phi) is 13.8. The monoisotopic (exact) mass is 531 g/mol. The first-order chi connectivity index (χ1) is 16.5. The summed E-state index contributed by atoms with van der Waals surface area (Å²) in [5, 5.41) is 3.99. The van der Waals surface area contributed by atoms with Gasteiger partial charge in [-0.1, -0.05) is 50.6 Å². The first kappa shape index (κ1) is 31.4. The van der Waals surface area contributed by atoms with E-state index < -0.39 is 33.4 Å². The zero-order valence-electron chi connectivity index (χ0n) is 21.2. The minimum Gasteiger partial charge on any atom is -0.466 e. The number of nitrogens with two attached hydrogens (primary N) is 1. The number of hydrogen-bond donors (Lipinski definition) is 3. The molecular formula is C24H41N3O6S2. The lowest BCUT2D eigenvalue weighted by molar-refractivity contribution is -0.237. The number of benzene rings is 1. The molecule has 0 saturated carbocycles. The topological polar surface area (TPSA) is 128 Å². The van der Waals surface area contributed by atoms with Gasteiger partial charge in [-0.05, 0) is 24.3 Å². The van der Waals surface area contributed by atoms with Crippen LogP contribution in [0.4, 0.5) is 0 Å². The van der Waals surface area contributed by atoms with E-state index in [0.717, 1.165) is 23.3 Å². The summed E-state index contributed by atoms with van der Waals surface area (Å²) in [5.41, 5.74) is 5.09. The summed E-state index contributed by atoms with van der Waals surface area (Å²) >= 11 is 4.19. The molecule has 9 nitrogen and oxygen atoms in total. The second-order valence-electron chi connectivity index (χ2n) is 8.86. The number of nitrogens with zero attached hydrogens (tertiary/aromatic N) is 1. The molecule has 1 amide bonds. The summed E-state index contributed by atoms with van der Waals surface area (Å²) in [5.74, 6) is -1.02. The van der Waals surface area contributed by atoms with E-state index in [4.69, 9.17) is 15.3 Å². The fourth-order valence-electron chi connectivity index (χ4n) is 3.33. The Balaban J connectivity index is 3.38. The second-order valence-corrected chi connectivity index (χ2v) is 11.5. The highest BCUT2D eigenvalue weighted by molar-refractivity contribution is 7.90. The minimum absolute atomic E-state index is 0.0469. The van der Waals surface area contributed by atoms with Crippen LogP contribution in [0.1, 0.15) is 45.1 Å². The van der Waals surface area contributed by atoms with Crippen molar-refractivity contribution in [1.29, 1.82) is 0 Å². The molecule has 0 spiro atoms. The lowest BCUT2D eigenvalue weighted by Crippen LogP contribution is -2.68. The predicted octanol–water partition coefficient (Wildman–Crippen LogP) is 1.97. The molecule has 0 saturated heterocycles. The van der Waals surface area contributed by atoms with Gasteiger partial charge in [0.2, 0.25) is 11.6 Å². The Morgan fingerprint density at radius 2 is 1.91 bits per heavy atom. The summed E-state index contributed by atoms with van der Waals surface area (Å²) in [6, 6.07) is 9.00. The number of rotatable bonds is 17. The van der Waals surface area contributed by atoms with Gasteiger partial charge < -0.3 is 10.5 Å². The molecule has 3 atom stereocenters. The van der Waals surface area contributed by atoms with Crippen LogP contribution in [0.3, 0.4) is 0 Å². The third-order valence-electron chi connectivity index (χ3n) is 5.82. The van der Waals surface area contributed by atoms with Gasteiger partial charge in [0.15, 0.2) is 0 Å². The van der Waals surface area contributed by atoms with Crippen molar-refractivity contribution >= 4 is 34.3 Å². The van der Waals surface area contributed by atoms with E-state index in [9.17, 15) is 18.0 Å². The normalized spacial score (nSPS) is 15.1. The van der Waals surface area contributed by atoms with Crippen LogP contribution in [0, 0.1) is 5.92 Å². The number of thiol groups is 1. The second kappa shape index (κ2) is 15.5. The van der Waals surface area contributed by atoms with Crippen LogP contribution in [0.5, 0.6) is 0 Å². The zero-order chi connectivity index (χ0) is 26.5. The number of amides is 1. The lowest BCUT2D eigenvalue weighted by atomic mass is 10.0. The number of esters is 1. The number of nitrogens with one attached hydrogen (secondary N) is 1. The van der Waals surface area contributed by atoms with Crippen molar-refractivity contribution < 1.29 is 27.6 Å². The number of sulfone groups is 1. The standard InChI is InChI=1S/C24H41N3O6S2/c1-5-19(2)13-15-33-27(22(28)12-11-20-9-7-6-8-10-20)24(23(29)32-3,14-16-35(4,30)31)26-17-21(25)18-34/h6-10,19,21,26,34H,5,11-18,25H2,1-4H3/t19-,21?,24+/m0/s1. The number of hydrogen-bond acceptors (Lipinski definition) is 9. The average molecular weight is 532 g/mol. The maximum absolute atomic E-state index is 13.5. The number of aryl methyl sites for hydroxylation is 1. The van der Waals surface area contributed by atoms with Crippen LogP contribution in [0.2, 0.25) is 0 Å². The van der Waals surface area contributed by atoms with Crippen LogP contribution in [-0.2, 0) is 35.4 Å². The van der Waals surface area contributed by atoms with Crippen LogP contribution in [0.25, 0.3) is 0 Å². The van der Waals surface area contributed by atoms with Crippen molar-refractivity contribution in [2.75, 3.05) is 38.0 Å². The minimum atomic E-state index is -3.48. The predicted molar refractivity (Wildman–Crippen MR) is 141 cm³/mol. The quantitative estimate of drug-likeness (QED) is 0.120. The molecule has 1 rings (SSSR count). The van der Waals surface area contributed by atoms with E-state index in [-0.39, 0.29) is 31.7 Å². The zero-order valence-corrected chi connectivity index (χ0v) is 22.9. The molecule has 35 heavy (non-hydrogen) atoms. The van der Waals surface area contributed by atoms with Crippen molar-refractivity contribution in [2.45, 2.75) is 57.7 Å². The number of methoxy groups -OCH3 is 1. The highest BCUT2D eigenvalue weighted by Gasteiger charge is 2.49. The van der Waals surface area contributed by atoms with E-state index >= 15 is 0 Å². The van der Waals surface area contributed by atoms with Gasteiger partial charge in [-0.3, -0.25) is 14.9 Å². The fourth-order valence-corrected chi connectivity index (χ4v) is 4.12. The Morgan fingerprint density at radius 1 is 1.26 bits per heavy atom. The summed E-state index contributed by atoms with van der Waals surface area (Å²) in [4.78, 5) is 32.7. The smallest absolute Gasteiger partial charge is 0.349 e. The molecule has 0 heterocycles. The van der Waals surface area contributed by atoms with Gasteiger partial charge >= 0.3 is 5.97 Å². The average Bonchev–Trinajstić information content (AvgIpc) is 2.85. The van der Waals surface area contributed by atoms with Gasteiger partial charge in [0.25, 0.3) is 0 Å². The Morgan fingerprint density at radius 3 is 2.46 bits per heavy atom. The number of ether oxygens (including phenoxy) is 1. The van der Waals surface area contributed by atoms with Crippen molar-refractivity contribution in [3.63, 3.8) is 0 Å². The summed E-state index contributed by atoms with van der Waals surface area (Å²) in [7, 11) is -2.30.